The third-order valence-electron chi connectivity index (χ3n) is 2.69. The second kappa shape index (κ2) is 5.58. The van der Waals surface area contributed by atoms with Gasteiger partial charge in [-0.2, -0.15) is 0 Å². The van der Waals surface area contributed by atoms with Crippen molar-refractivity contribution in [2.24, 2.45) is 11.8 Å². The van der Waals surface area contributed by atoms with Gasteiger partial charge < -0.3 is 0 Å². The molecule has 0 amide bonds. The molecule has 1 rings (SSSR count). The molecule has 2 atom stereocenters. The summed E-state index contributed by atoms with van der Waals surface area (Å²) in [5.74, 6) is 5.53. The molecule has 0 aromatic heterocycles. The van der Waals surface area contributed by atoms with Crippen molar-refractivity contribution in [3.05, 3.63) is 34.1 Å². The maximum absolute atomic E-state index is 13.7. The summed E-state index contributed by atoms with van der Waals surface area (Å²) in [6.07, 6.45) is 0.949. The quantitative estimate of drug-likeness (QED) is 0.654. The van der Waals surface area contributed by atoms with Crippen molar-refractivity contribution >= 4 is 15.9 Å². The Kier molecular flexibility index (Phi) is 4.70. The van der Waals surface area contributed by atoms with Crippen LogP contribution in [0.25, 0.3) is 0 Å². The molecule has 0 aliphatic heterocycles. The third-order valence-corrected chi connectivity index (χ3v) is 3.18. The van der Waals surface area contributed by atoms with E-state index in [2.05, 4.69) is 28.3 Å². The van der Waals surface area contributed by atoms with Crippen molar-refractivity contribution in [2.75, 3.05) is 0 Å². The maximum atomic E-state index is 13.7. The first-order chi connectivity index (χ1) is 7.10. The minimum Gasteiger partial charge on any atom is -0.271 e. The minimum absolute atomic E-state index is 0.136. The zero-order chi connectivity index (χ0) is 11.4. The first-order valence-corrected chi connectivity index (χ1v) is 5.80. The number of benzene rings is 1. The van der Waals surface area contributed by atoms with Crippen LogP contribution in [0, 0.1) is 11.7 Å². The lowest BCUT2D eigenvalue weighted by Gasteiger charge is -2.23. The Morgan fingerprint density at radius 1 is 1.53 bits per heavy atom. The Balaban J connectivity index is 3.01. The van der Waals surface area contributed by atoms with Gasteiger partial charge in [0, 0.05) is 10.0 Å². The fourth-order valence-electron chi connectivity index (χ4n) is 1.55. The van der Waals surface area contributed by atoms with Gasteiger partial charge in [0.25, 0.3) is 0 Å². The van der Waals surface area contributed by atoms with Crippen molar-refractivity contribution in [2.45, 2.75) is 26.3 Å². The minimum atomic E-state index is -0.229. The molecule has 84 valence electrons. The highest BCUT2D eigenvalue weighted by Crippen LogP contribution is 2.27. The van der Waals surface area contributed by atoms with E-state index in [1.165, 1.54) is 6.07 Å². The SMILES string of the molecule is CCC(C)C(NN)c1ccc(Br)cc1F. The van der Waals surface area contributed by atoms with Crippen LogP contribution in [0.1, 0.15) is 31.9 Å². The van der Waals surface area contributed by atoms with Crippen molar-refractivity contribution in [1.29, 1.82) is 0 Å². The highest BCUT2D eigenvalue weighted by molar-refractivity contribution is 9.10. The smallest absolute Gasteiger partial charge is 0.129 e. The monoisotopic (exact) mass is 274 g/mol. The predicted octanol–water partition coefficient (Wildman–Crippen LogP) is 3.14. The van der Waals surface area contributed by atoms with Crippen LogP contribution in [0.5, 0.6) is 0 Å². The van der Waals surface area contributed by atoms with Gasteiger partial charge in [0.2, 0.25) is 0 Å². The molecule has 0 bridgehead atoms. The van der Waals surface area contributed by atoms with Crippen LogP contribution in [-0.4, -0.2) is 0 Å². The summed E-state index contributed by atoms with van der Waals surface area (Å²) < 4.78 is 14.4. The van der Waals surface area contributed by atoms with Gasteiger partial charge in [0.1, 0.15) is 5.82 Å². The molecular formula is C11H16BrFN2. The standard InChI is InChI=1S/C11H16BrFN2/c1-3-7(2)11(15-14)9-5-4-8(12)6-10(9)13/h4-7,11,15H,3,14H2,1-2H3. The predicted molar refractivity (Wildman–Crippen MR) is 63.6 cm³/mol. The van der Waals surface area contributed by atoms with Gasteiger partial charge in [-0.15, -0.1) is 0 Å². The highest BCUT2D eigenvalue weighted by atomic mass is 79.9. The van der Waals surface area contributed by atoms with Gasteiger partial charge in [-0.25, -0.2) is 4.39 Å². The molecule has 0 spiro atoms. The van der Waals surface area contributed by atoms with Crippen molar-refractivity contribution < 1.29 is 4.39 Å². The molecule has 3 N–H and O–H groups in total. The van der Waals surface area contributed by atoms with E-state index < -0.39 is 0 Å². The molecule has 1 aromatic rings. The molecule has 0 aliphatic carbocycles. The largest absolute Gasteiger partial charge is 0.271 e. The summed E-state index contributed by atoms with van der Waals surface area (Å²) >= 11 is 3.23. The number of nitrogens with one attached hydrogen (secondary N) is 1. The van der Waals surface area contributed by atoms with Gasteiger partial charge in [-0.1, -0.05) is 42.3 Å². The summed E-state index contributed by atoms with van der Waals surface area (Å²) in [6, 6.07) is 4.91. The van der Waals surface area contributed by atoms with Gasteiger partial charge in [-0.3, -0.25) is 11.3 Å². The summed E-state index contributed by atoms with van der Waals surface area (Å²) in [4.78, 5) is 0. The second-order valence-corrected chi connectivity index (χ2v) is 4.61. The van der Waals surface area contributed by atoms with Crippen molar-refractivity contribution in [1.82, 2.24) is 5.43 Å². The molecule has 0 radical (unpaired) electrons. The van der Waals surface area contributed by atoms with E-state index in [9.17, 15) is 4.39 Å². The zero-order valence-corrected chi connectivity index (χ0v) is 10.5. The molecule has 0 aliphatic rings. The number of hydrogen-bond acceptors (Lipinski definition) is 2. The van der Waals surface area contributed by atoms with E-state index in [1.807, 2.05) is 13.0 Å². The van der Waals surface area contributed by atoms with Crippen molar-refractivity contribution in [3.63, 3.8) is 0 Å². The molecule has 1 aromatic carbocycles. The second-order valence-electron chi connectivity index (χ2n) is 3.70. The Labute approximate surface area is 98.1 Å². The molecule has 0 heterocycles. The highest BCUT2D eigenvalue weighted by Gasteiger charge is 2.19. The average Bonchev–Trinajstić information content (AvgIpc) is 2.21. The first-order valence-electron chi connectivity index (χ1n) is 5.01. The molecule has 2 unspecified atom stereocenters. The topological polar surface area (TPSA) is 38.0 Å². The van der Waals surface area contributed by atoms with Crippen LogP contribution in [0.4, 0.5) is 4.39 Å². The summed E-state index contributed by atoms with van der Waals surface area (Å²) in [5, 5.41) is 0. The number of nitrogens with two attached hydrogens (primary N) is 1. The fourth-order valence-corrected chi connectivity index (χ4v) is 1.88. The van der Waals surface area contributed by atoms with E-state index in [-0.39, 0.29) is 11.9 Å². The summed E-state index contributed by atoms with van der Waals surface area (Å²) in [5.41, 5.74) is 3.29. The molecule has 0 fully saturated rings. The lowest BCUT2D eigenvalue weighted by molar-refractivity contribution is 0.371. The van der Waals surface area contributed by atoms with E-state index in [1.54, 1.807) is 6.07 Å². The van der Waals surface area contributed by atoms with Crippen LogP contribution < -0.4 is 11.3 Å². The van der Waals surface area contributed by atoms with Gasteiger partial charge in [0.05, 0.1) is 6.04 Å². The Hall–Kier alpha value is -0.450. The average molecular weight is 275 g/mol. The molecular weight excluding hydrogens is 259 g/mol. The normalized spacial score (nSPS) is 15.0. The molecule has 2 nitrogen and oxygen atoms in total. The first kappa shape index (κ1) is 12.6. The molecule has 15 heavy (non-hydrogen) atoms. The zero-order valence-electron chi connectivity index (χ0n) is 8.93. The Bertz CT molecular complexity index is 330. The Morgan fingerprint density at radius 3 is 2.67 bits per heavy atom. The van der Waals surface area contributed by atoms with Gasteiger partial charge >= 0.3 is 0 Å². The van der Waals surface area contributed by atoms with Gasteiger partial charge in [-0.05, 0) is 18.1 Å². The maximum Gasteiger partial charge on any atom is 0.129 e. The van der Waals surface area contributed by atoms with Crippen LogP contribution >= 0.6 is 15.9 Å². The molecule has 0 saturated heterocycles. The van der Waals surface area contributed by atoms with Crippen molar-refractivity contribution in [3.8, 4) is 0 Å². The van der Waals surface area contributed by atoms with E-state index in [0.717, 1.165) is 10.9 Å². The van der Waals surface area contributed by atoms with E-state index in [4.69, 9.17) is 5.84 Å². The van der Waals surface area contributed by atoms with E-state index in [0.29, 0.717) is 11.5 Å². The van der Waals surface area contributed by atoms with E-state index >= 15 is 0 Å². The van der Waals surface area contributed by atoms with Crippen LogP contribution in [0.15, 0.2) is 22.7 Å². The number of hydrogen-bond donors (Lipinski definition) is 2. The summed E-state index contributed by atoms with van der Waals surface area (Å²) in [6.45, 7) is 4.11. The van der Waals surface area contributed by atoms with Crippen LogP contribution in [0.2, 0.25) is 0 Å². The molecule has 0 saturated carbocycles. The lowest BCUT2D eigenvalue weighted by Crippen LogP contribution is -2.33. The van der Waals surface area contributed by atoms with Gasteiger partial charge in [0.15, 0.2) is 0 Å². The molecule has 4 heteroatoms. The number of rotatable bonds is 4. The number of hydrazine groups is 1. The number of halogens is 2. The fraction of sp³-hybridized carbons (Fsp3) is 0.455. The van der Waals surface area contributed by atoms with Crippen LogP contribution in [-0.2, 0) is 0 Å². The third kappa shape index (κ3) is 3.00. The summed E-state index contributed by atoms with van der Waals surface area (Å²) in [7, 11) is 0. The Morgan fingerprint density at radius 2 is 2.20 bits per heavy atom. The van der Waals surface area contributed by atoms with Crippen LogP contribution in [0.3, 0.4) is 0 Å². The lowest BCUT2D eigenvalue weighted by atomic mass is 9.93.